The van der Waals surface area contributed by atoms with Gasteiger partial charge in [-0.2, -0.15) is 13.7 Å². The Labute approximate surface area is 190 Å². The van der Waals surface area contributed by atoms with Crippen LogP contribution in [0.15, 0.2) is 83.3 Å². The number of nitriles is 1. The molecule has 3 aromatic rings. The number of nitrogens with one attached hydrogen (secondary N) is 1. The Morgan fingerprint density at radius 2 is 1.78 bits per heavy atom. The lowest BCUT2D eigenvalue weighted by Crippen LogP contribution is -2.13. The molecule has 3 rings (SSSR count). The van der Waals surface area contributed by atoms with E-state index >= 15 is 0 Å². The molecular formula is C23H17ClN2O5S. The van der Waals surface area contributed by atoms with Crippen molar-refractivity contribution in [1.82, 2.24) is 0 Å². The van der Waals surface area contributed by atoms with E-state index in [1.54, 1.807) is 42.5 Å². The maximum Gasteiger partial charge on any atom is 0.339 e. The Morgan fingerprint density at radius 1 is 1.03 bits per heavy atom. The highest BCUT2D eigenvalue weighted by atomic mass is 35.5. The van der Waals surface area contributed by atoms with Gasteiger partial charge in [0.25, 0.3) is 5.91 Å². The molecule has 32 heavy (non-hydrogen) atoms. The molecule has 0 saturated heterocycles. The SMILES string of the molecule is COc1cc(/C=C(\C#N)C(=O)Nc2cccc(Cl)c2)ccc1OS(=O)(=O)c1ccccc1. The summed E-state index contributed by atoms with van der Waals surface area (Å²) in [4.78, 5) is 12.4. The minimum Gasteiger partial charge on any atom is -0.493 e. The summed E-state index contributed by atoms with van der Waals surface area (Å²) < 4.78 is 35.4. The second-order valence-electron chi connectivity index (χ2n) is 6.40. The first-order chi connectivity index (χ1) is 15.3. The zero-order valence-electron chi connectivity index (χ0n) is 16.8. The molecule has 3 aromatic carbocycles. The maximum absolute atomic E-state index is 12.5. The Morgan fingerprint density at radius 3 is 2.44 bits per heavy atom. The molecule has 0 fully saturated rings. The van der Waals surface area contributed by atoms with E-state index in [-0.39, 0.29) is 22.0 Å². The summed E-state index contributed by atoms with van der Waals surface area (Å²) >= 11 is 5.91. The molecule has 0 heterocycles. The van der Waals surface area contributed by atoms with Crippen LogP contribution < -0.4 is 14.2 Å². The van der Waals surface area contributed by atoms with Gasteiger partial charge in [0.2, 0.25) is 0 Å². The van der Waals surface area contributed by atoms with Crippen LogP contribution in [0.5, 0.6) is 11.5 Å². The number of anilines is 1. The lowest BCUT2D eigenvalue weighted by Gasteiger charge is -2.11. The van der Waals surface area contributed by atoms with Crippen LogP contribution in [0.1, 0.15) is 5.56 Å². The number of nitrogens with zero attached hydrogens (tertiary/aromatic N) is 1. The largest absolute Gasteiger partial charge is 0.493 e. The van der Waals surface area contributed by atoms with Crippen molar-refractivity contribution in [3.05, 3.63) is 89.0 Å². The Kier molecular flexibility index (Phi) is 7.15. The van der Waals surface area contributed by atoms with Crippen molar-refractivity contribution in [2.75, 3.05) is 12.4 Å². The fraction of sp³-hybridized carbons (Fsp3) is 0.0435. The standard InChI is InChI=1S/C23H17ClN2O5S/c1-30-22-13-16(10-11-21(22)31-32(28,29)20-8-3-2-4-9-20)12-17(15-25)23(27)26-19-7-5-6-18(24)14-19/h2-14H,1H3,(H,26,27)/b17-12+. The second-order valence-corrected chi connectivity index (χ2v) is 8.38. The van der Waals surface area contributed by atoms with Crippen molar-refractivity contribution < 1.29 is 22.1 Å². The summed E-state index contributed by atoms with van der Waals surface area (Å²) in [6, 6.07) is 20.4. The number of benzene rings is 3. The van der Waals surface area contributed by atoms with Gasteiger partial charge in [-0.25, -0.2) is 0 Å². The van der Waals surface area contributed by atoms with E-state index < -0.39 is 16.0 Å². The van der Waals surface area contributed by atoms with Crippen LogP contribution in [0, 0.1) is 11.3 Å². The molecule has 0 saturated carbocycles. The third-order valence-corrected chi connectivity index (χ3v) is 5.66. The molecule has 0 radical (unpaired) electrons. The van der Waals surface area contributed by atoms with Crippen molar-refractivity contribution in [3.63, 3.8) is 0 Å². The smallest absolute Gasteiger partial charge is 0.339 e. The van der Waals surface area contributed by atoms with Gasteiger partial charge in [-0.1, -0.05) is 41.9 Å². The molecule has 9 heteroatoms. The molecule has 0 aromatic heterocycles. The lowest BCUT2D eigenvalue weighted by atomic mass is 10.1. The summed E-state index contributed by atoms with van der Waals surface area (Å²) in [6.45, 7) is 0. The van der Waals surface area contributed by atoms with E-state index in [1.807, 2.05) is 6.07 Å². The minimum atomic E-state index is -4.06. The number of carbonyl (C=O) groups excluding carboxylic acids is 1. The third kappa shape index (κ3) is 5.66. The first-order valence-corrected chi connectivity index (χ1v) is 11.0. The van der Waals surface area contributed by atoms with Gasteiger partial charge in [-0.3, -0.25) is 4.79 Å². The number of amides is 1. The number of carbonyl (C=O) groups is 1. The van der Waals surface area contributed by atoms with Gasteiger partial charge >= 0.3 is 10.1 Å². The number of hydrogen-bond donors (Lipinski definition) is 1. The predicted octanol–water partition coefficient (Wildman–Crippen LogP) is 4.66. The average molecular weight is 469 g/mol. The van der Waals surface area contributed by atoms with Crippen molar-refractivity contribution in [1.29, 1.82) is 5.26 Å². The van der Waals surface area contributed by atoms with Crippen LogP contribution in [-0.4, -0.2) is 21.4 Å². The van der Waals surface area contributed by atoms with E-state index in [2.05, 4.69) is 5.32 Å². The monoisotopic (exact) mass is 468 g/mol. The summed E-state index contributed by atoms with van der Waals surface area (Å²) in [6.07, 6.45) is 1.35. The zero-order chi connectivity index (χ0) is 23.1. The molecule has 0 aliphatic carbocycles. The van der Waals surface area contributed by atoms with Crippen molar-refractivity contribution >= 4 is 39.4 Å². The summed E-state index contributed by atoms with van der Waals surface area (Å²) in [5.41, 5.74) is 0.706. The first-order valence-electron chi connectivity index (χ1n) is 9.18. The van der Waals surface area contributed by atoms with E-state index in [1.165, 1.54) is 43.5 Å². The van der Waals surface area contributed by atoms with Gasteiger partial charge in [0, 0.05) is 10.7 Å². The molecule has 0 atom stereocenters. The first kappa shape index (κ1) is 22.9. The van der Waals surface area contributed by atoms with Crippen molar-refractivity contribution in [2.45, 2.75) is 4.90 Å². The lowest BCUT2D eigenvalue weighted by molar-refractivity contribution is -0.112. The molecule has 0 aliphatic rings. The van der Waals surface area contributed by atoms with E-state index in [9.17, 15) is 18.5 Å². The normalized spacial score (nSPS) is 11.3. The zero-order valence-corrected chi connectivity index (χ0v) is 18.4. The van der Waals surface area contributed by atoms with Crippen molar-refractivity contribution in [2.24, 2.45) is 0 Å². The van der Waals surface area contributed by atoms with Gasteiger partial charge in [0.05, 0.1) is 7.11 Å². The Balaban J connectivity index is 1.84. The van der Waals surface area contributed by atoms with Crippen LogP contribution in [0.25, 0.3) is 6.08 Å². The van der Waals surface area contributed by atoms with E-state index in [0.717, 1.165) is 0 Å². The highest BCUT2D eigenvalue weighted by molar-refractivity contribution is 7.87. The molecule has 7 nitrogen and oxygen atoms in total. The van der Waals surface area contributed by atoms with E-state index in [4.69, 9.17) is 20.5 Å². The number of rotatable bonds is 7. The molecular weight excluding hydrogens is 452 g/mol. The number of hydrogen-bond acceptors (Lipinski definition) is 6. The quantitative estimate of drug-likeness (QED) is 0.307. The summed E-state index contributed by atoms with van der Waals surface area (Å²) in [7, 11) is -2.71. The molecule has 0 aliphatic heterocycles. The average Bonchev–Trinajstić information content (AvgIpc) is 2.78. The van der Waals surface area contributed by atoms with Gasteiger partial charge in [-0.15, -0.1) is 0 Å². The third-order valence-electron chi connectivity index (χ3n) is 4.18. The summed E-state index contributed by atoms with van der Waals surface area (Å²) in [5.74, 6) is -0.540. The van der Waals surface area contributed by atoms with Crippen LogP contribution in [-0.2, 0) is 14.9 Å². The van der Waals surface area contributed by atoms with Crippen LogP contribution in [0.4, 0.5) is 5.69 Å². The Bertz CT molecular complexity index is 1320. The highest BCUT2D eigenvalue weighted by Gasteiger charge is 2.19. The summed E-state index contributed by atoms with van der Waals surface area (Å²) in [5, 5.41) is 12.4. The number of ether oxygens (including phenoxy) is 1. The number of halogens is 1. The van der Waals surface area contributed by atoms with Crippen LogP contribution in [0.2, 0.25) is 5.02 Å². The minimum absolute atomic E-state index is 0.00419. The highest BCUT2D eigenvalue weighted by Crippen LogP contribution is 2.31. The number of methoxy groups -OCH3 is 1. The Hall–Kier alpha value is -3.80. The van der Waals surface area contributed by atoms with Crippen LogP contribution >= 0.6 is 11.6 Å². The molecule has 0 spiro atoms. The van der Waals surface area contributed by atoms with Gasteiger partial charge in [0.15, 0.2) is 11.5 Å². The van der Waals surface area contributed by atoms with Gasteiger partial charge in [0.1, 0.15) is 16.5 Å². The van der Waals surface area contributed by atoms with Gasteiger partial charge < -0.3 is 14.2 Å². The molecule has 162 valence electrons. The topological polar surface area (TPSA) is 105 Å². The van der Waals surface area contributed by atoms with E-state index in [0.29, 0.717) is 16.3 Å². The fourth-order valence-electron chi connectivity index (χ4n) is 2.68. The van der Waals surface area contributed by atoms with Crippen LogP contribution in [0.3, 0.4) is 0 Å². The fourth-order valence-corrected chi connectivity index (χ4v) is 3.83. The maximum atomic E-state index is 12.5. The second kappa shape index (κ2) is 10.0. The molecule has 1 N–H and O–H groups in total. The van der Waals surface area contributed by atoms with Gasteiger partial charge in [-0.05, 0) is 54.1 Å². The predicted molar refractivity (Wildman–Crippen MR) is 121 cm³/mol. The molecule has 0 bridgehead atoms. The molecule has 1 amide bonds. The molecule has 0 unspecified atom stereocenters. The van der Waals surface area contributed by atoms with Crippen molar-refractivity contribution in [3.8, 4) is 17.6 Å².